The molecule has 3 aromatic rings. The predicted octanol–water partition coefficient (Wildman–Crippen LogP) is 6.02. The molecular weight excluding hydrogens is 787 g/mol. The van der Waals surface area contributed by atoms with Crippen LogP contribution in [0.3, 0.4) is 0 Å². The lowest BCUT2D eigenvalue weighted by molar-refractivity contribution is -0.141. The minimum absolute atomic E-state index is 0.0317. The first-order chi connectivity index (χ1) is 29.0. The minimum Gasteiger partial charge on any atom is -0.497 e. The fourth-order valence-electron chi connectivity index (χ4n) is 8.59. The van der Waals surface area contributed by atoms with E-state index < -0.39 is 47.5 Å². The summed E-state index contributed by atoms with van der Waals surface area (Å²) in [6.45, 7) is 4.11. The number of thiazole rings is 1. The average molecular weight is 842 g/mol. The van der Waals surface area contributed by atoms with E-state index in [2.05, 4.69) is 21.3 Å². The maximum absolute atomic E-state index is 14.8. The van der Waals surface area contributed by atoms with Crippen LogP contribution in [0.15, 0.2) is 41.8 Å². The van der Waals surface area contributed by atoms with Gasteiger partial charge >= 0.3 is 6.09 Å². The van der Waals surface area contributed by atoms with Crippen LogP contribution in [0.4, 0.5) is 9.93 Å². The van der Waals surface area contributed by atoms with Crippen molar-refractivity contribution >= 4 is 57.1 Å². The van der Waals surface area contributed by atoms with Gasteiger partial charge in [0.2, 0.25) is 17.7 Å². The van der Waals surface area contributed by atoms with E-state index >= 15 is 0 Å². The summed E-state index contributed by atoms with van der Waals surface area (Å²) < 4.78 is 18.0. The Hall–Kier alpha value is -5.25. The lowest BCUT2D eigenvalue weighted by atomic mass is 10.0. The molecule has 5 atom stereocenters. The zero-order valence-corrected chi connectivity index (χ0v) is 35.3. The number of anilines is 1. The highest BCUT2D eigenvalue weighted by molar-refractivity contribution is 7.14. The van der Waals surface area contributed by atoms with Crippen molar-refractivity contribution in [2.45, 2.75) is 133 Å². The summed E-state index contributed by atoms with van der Waals surface area (Å²) >= 11 is 1.47. The van der Waals surface area contributed by atoms with Crippen LogP contribution in [0.25, 0.3) is 22.3 Å². The Morgan fingerprint density at radius 3 is 2.53 bits per heavy atom. The Bertz CT molecular complexity index is 2150. The van der Waals surface area contributed by atoms with Gasteiger partial charge in [-0.1, -0.05) is 25.0 Å². The highest BCUT2D eigenvalue weighted by Gasteiger charge is 2.61. The van der Waals surface area contributed by atoms with E-state index in [0.29, 0.717) is 53.1 Å². The van der Waals surface area contributed by atoms with E-state index in [1.165, 1.54) is 16.2 Å². The third-order valence-corrected chi connectivity index (χ3v) is 12.9. The summed E-state index contributed by atoms with van der Waals surface area (Å²) in [5.74, 6) is -1.22. The summed E-state index contributed by atoms with van der Waals surface area (Å²) in [5, 5.41) is 15.2. The van der Waals surface area contributed by atoms with Crippen LogP contribution in [0.5, 0.6) is 11.5 Å². The first kappa shape index (κ1) is 41.5. The lowest BCUT2D eigenvalue weighted by Crippen LogP contribution is -2.58. The molecule has 4 fully saturated rings. The first-order valence-electron chi connectivity index (χ1n) is 21.5. The fourth-order valence-corrected chi connectivity index (χ4v) is 9.44. The largest absolute Gasteiger partial charge is 0.497 e. The molecule has 8 rings (SSSR count). The SMILES string of the molecule is COc1ccc2c(O[C@@H]3C[C@H]4C(=O)N[C@]5(C(=O)NC(=O)C6CC6)CC5/C=C/CCCCC[C@@H](NC(=O)OC5CCCC5)C(=O)N4C3)cc(-c3csc(NC(C)C)n3)nc2c1. The Morgan fingerprint density at radius 1 is 0.967 bits per heavy atom. The normalized spacial score (nSPS) is 26.6. The van der Waals surface area contributed by atoms with Gasteiger partial charge in [-0.25, -0.2) is 14.8 Å². The van der Waals surface area contributed by atoms with Gasteiger partial charge in [-0.05, 0) is 90.2 Å². The number of benzene rings is 1. The molecule has 5 aliphatic rings. The Labute approximate surface area is 353 Å². The maximum atomic E-state index is 14.8. The van der Waals surface area contributed by atoms with Gasteiger partial charge in [-0.2, -0.15) is 0 Å². The molecule has 16 heteroatoms. The molecule has 1 saturated heterocycles. The second-order valence-corrected chi connectivity index (χ2v) is 18.0. The molecule has 3 aliphatic carbocycles. The van der Waals surface area contributed by atoms with Crippen LogP contribution in [-0.4, -0.2) is 94.1 Å². The molecule has 320 valence electrons. The summed E-state index contributed by atoms with van der Waals surface area (Å²) in [4.78, 5) is 80.4. The Balaban J connectivity index is 1.11. The van der Waals surface area contributed by atoms with Gasteiger partial charge in [-0.3, -0.25) is 24.5 Å². The number of imide groups is 1. The topological polar surface area (TPSA) is 190 Å². The quantitative estimate of drug-likeness (QED) is 0.138. The first-order valence-corrected chi connectivity index (χ1v) is 22.4. The molecule has 4 heterocycles. The molecule has 5 amide bonds. The van der Waals surface area contributed by atoms with Gasteiger partial charge in [0.1, 0.15) is 47.0 Å². The van der Waals surface area contributed by atoms with Crippen molar-refractivity contribution < 1.29 is 38.2 Å². The molecule has 2 aromatic heterocycles. The van der Waals surface area contributed by atoms with Crippen LogP contribution in [0, 0.1) is 11.8 Å². The standard InChI is InChI=1S/C44H55N7O8S/c1-25(2)45-42-47-35(24-60-42)34-21-37(31-18-17-29(57-3)19-33(31)46-34)58-30-20-36-39(53)50-44(41(55)49-38(52)26-15-16-26)22-27(44)11-7-5-4-6-8-14-32(40(54)51(36)23-30)48-43(56)59-28-12-9-10-13-28/h7,11,17-19,21,24-28,30,32,36H,4-6,8-10,12-16,20,22-23H2,1-3H3,(H,45,47)(H,48,56)(H,50,53)(H,49,52,55)/b11-7+/t27?,30-,32-,36+,44-/m1/s1. The number of methoxy groups -OCH3 is 1. The van der Waals surface area contributed by atoms with E-state index in [1.807, 2.05) is 55.6 Å². The third kappa shape index (κ3) is 9.38. The number of alkyl carbamates (subject to hydrolysis) is 1. The zero-order valence-electron chi connectivity index (χ0n) is 34.5. The van der Waals surface area contributed by atoms with Crippen molar-refractivity contribution in [3.63, 3.8) is 0 Å². The van der Waals surface area contributed by atoms with Crippen LogP contribution in [-0.2, 0) is 23.9 Å². The maximum Gasteiger partial charge on any atom is 0.408 e. The lowest BCUT2D eigenvalue weighted by Gasteiger charge is -2.30. The zero-order chi connectivity index (χ0) is 42.0. The van der Waals surface area contributed by atoms with Gasteiger partial charge in [-0.15, -0.1) is 11.3 Å². The smallest absolute Gasteiger partial charge is 0.408 e. The van der Waals surface area contributed by atoms with Crippen LogP contribution in [0.1, 0.15) is 97.3 Å². The molecule has 0 spiro atoms. The number of carbonyl (C=O) groups excluding carboxylic acids is 5. The highest BCUT2D eigenvalue weighted by Crippen LogP contribution is 2.46. The number of amides is 5. The molecule has 4 N–H and O–H groups in total. The second-order valence-electron chi connectivity index (χ2n) is 17.1. The summed E-state index contributed by atoms with van der Waals surface area (Å²) in [6.07, 6.45) is 11.3. The number of pyridine rings is 1. The molecule has 0 radical (unpaired) electrons. The number of nitrogens with one attached hydrogen (secondary N) is 4. The van der Waals surface area contributed by atoms with Crippen molar-refractivity contribution in [2.24, 2.45) is 11.8 Å². The van der Waals surface area contributed by atoms with E-state index in [0.717, 1.165) is 62.9 Å². The highest BCUT2D eigenvalue weighted by atomic mass is 32.1. The number of hydrogen-bond donors (Lipinski definition) is 4. The number of ether oxygens (including phenoxy) is 3. The fraction of sp³-hybridized carbons (Fsp3) is 0.568. The van der Waals surface area contributed by atoms with Crippen molar-refractivity contribution in [2.75, 3.05) is 19.0 Å². The molecule has 1 aromatic carbocycles. The van der Waals surface area contributed by atoms with Crippen LogP contribution < -0.4 is 30.7 Å². The van der Waals surface area contributed by atoms with Gasteiger partial charge in [0.15, 0.2) is 5.13 Å². The Morgan fingerprint density at radius 2 is 1.77 bits per heavy atom. The number of allylic oxidation sites excluding steroid dienone is 1. The number of rotatable bonds is 10. The number of carbonyl (C=O) groups is 5. The minimum atomic E-state index is -1.33. The van der Waals surface area contributed by atoms with Crippen molar-refractivity contribution in [1.82, 2.24) is 30.8 Å². The van der Waals surface area contributed by atoms with Crippen molar-refractivity contribution in [1.29, 1.82) is 0 Å². The number of aromatic nitrogens is 2. The van der Waals surface area contributed by atoms with Gasteiger partial charge in [0.25, 0.3) is 5.91 Å². The molecule has 1 unspecified atom stereocenters. The van der Waals surface area contributed by atoms with Crippen molar-refractivity contribution in [3.05, 3.63) is 41.8 Å². The molecule has 0 bridgehead atoms. The monoisotopic (exact) mass is 841 g/mol. The van der Waals surface area contributed by atoms with E-state index in [9.17, 15) is 24.0 Å². The average Bonchev–Trinajstić information content (AvgIpc) is 3.99. The van der Waals surface area contributed by atoms with Crippen molar-refractivity contribution in [3.8, 4) is 22.9 Å². The predicted molar refractivity (Wildman–Crippen MR) is 225 cm³/mol. The molecule has 60 heavy (non-hydrogen) atoms. The summed E-state index contributed by atoms with van der Waals surface area (Å²) in [6, 6.07) is 5.52. The summed E-state index contributed by atoms with van der Waals surface area (Å²) in [7, 11) is 1.59. The van der Waals surface area contributed by atoms with Crippen LogP contribution in [0.2, 0.25) is 0 Å². The number of hydrogen-bond acceptors (Lipinski definition) is 12. The van der Waals surface area contributed by atoms with E-state index in [1.54, 1.807) is 7.11 Å². The third-order valence-electron chi connectivity index (χ3n) is 12.1. The van der Waals surface area contributed by atoms with E-state index in [4.69, 9.17) is 24.2 Å². The summed E-state index contributed by atoms with van der Waals surface area (Å²) in [5.41, 5.74) is 0.510. The number of nitrogens with zero attached hydrogens (tertiary/aromatic N) is 3. The molecule has 2 aliphatic heterocycles. The molecule has 15 nitrogen and oxygen atoms in total. The van der Waals surface area contributed by atoms with Gasteiger partial charge < -0.3 is 35.1 Å². The number of fused-ring (bicyclic) bond motifs is 3. The van der Waals surface area contributed by atoms with Gasteiger partial charge in [0.05, 0.1) is 24.9 Å². The van der Waals surface area contributed by atoms with Crippen LogP contribution >= 0.6 is 11.3 Å². The van der Waals surface area contributed by atoms with Gasteiger partial charge in [0, 0.05) is 47.2 Å². The molecule has 3 saturated carbocycles. The van der Waals surface area contributed by atoms with E-state index in [-0.39, 0.29) is 42.9 Å². The Kier molecular flexibility index (Phi) is 12.3. The second kappa shape index (κ2) is 17.8. The molecular formula is C44H55N7O8S.